The van der Waals surface area contributed by atoms with Crippen LogP contribution in [0.2, 0.25) is 0 Å². The number of rotatable bonds is 4. The third kappa shape index (κ3) is 5.55. The van der Waals surface area contributed by atoms with Crippen LogP contribution in [0.4, 0.5) is 0 Å². The standard InChI is InChI=1S/C15H15N3O3S.C11H20N2O/c19-15(18-5-7-21-8-6-18)14-11-9-22(20)12-4-2-1-3-10(12)13(11)16-17-14;14-11-5-4-8-13(11)10-9-12-6-2-1-3-7-12/h1-4H,5-9H2,(H,16,17);1-10H2. The molecule has 4 aliphatic rings. The SMILES string of the molecule is O=C(c1[nH]nc2c1CS(=O)c1ccccc1-2)N1CCOCC1.O=C1CCCN1CCN1CCCCC1. The van der Waals surface area contributed by atoms with E-state index >= 15 is 0 Å². The van der Waals surface area contributed by atoms with Crippen molar-refractivity contribution in [2.75, 3.05) is 59.0 Å². The molecule has 0 radical (unpaired) electrons. The number of nitrogens with one attached hydrogen (secondary N) is 1. The van der Waals surface area contributed by atoms with Gasteiger partial charge in [0, 0.05) is 55.2 Å². The normalized spacial score (nSPS) is 22.0. The Balaban J connectivity index is 0.000000165. The molecule has 0 bridgehead atoms. The zero-order valence-electron chi connectivity index (χ0n) is 20.7. The quantitative estimate of drug-likeness (QED) is 0.674. The van der Waals surface area contributed by atoms with Crippen molar-refractivity contribution in [1.82, 2.24) is 24.9 Å². The number of fused-ring (bicyclic) bond motifs is 3. The second-order valence-corrected chi connectivity index (χ2v) is 11.1. The number of carbonyl (C=O) groups excluding carboxylic acids is 2. The van der Waals surface area contributed by atoms with Crippen LogP contribution in [0.5, 0.6) is 0 Å². The number of hydrogen-bond donors (Lipinski definition) is 1. The van der Waals surface area contributed by atoms with Crippen molar-refractivity contribution in [3.05, 3.63) is 35.5 Å². The van der Waals surface area contributed by atoms with Gasteiger partial charge in [0.1, 0.15) is 5.69 Å². The Hall–Kier alpha value is -2.56. The van der Waals surface area contributed by atoms with Crippen molar-refractivity contribution >= 4 is 22.6 Å². The topological polar surface area (TPSA) is 98.8 Å². The summed E-state index contributed by atoms with van der Waals surface area (Å²) < 4.78 is 17.7. The van der Waals surface area contributed by atoms with Gasteiger partial charge in [0.05, 0.1) is 35.5 Å². The smallest absolute Gasteiger partial charge is 0.272 e. The summed E-state index contributed by atoms with van der Waals surface area (Å²) in [5.74, 6) is 0.601. The van der Waals surface area contributed by atoms with Gasteiger partial charge in [-0.25, -0.2) is 0 Å². The summed E-state index contributed by atoms with van der Waals surface area (Å²) in [6.45, 7) is 7.77. The van der Waals surface area contributed by atoms with Crippen LogP contribution in [0.3, 0.4) is 0 Å². The first-order chi connectivity index (χ1) is 17.6. The van der Waals surface area contributed by atoms with Gasteiger partial charge >= 0.3 is 0 Å². The lowest BCUT2D eigenvalue weighted by Crippen LogP contribution is -2.41. The molecular formula is C26H35N5O4S. The molecule has 3 saturated heterocycles. The lowest BCUT2D eigenvalue weighted by Gasteiger charge is -2.28. The van der Waals surface area contributed by atoms with Crippen molar-refractivity contribution in [3.63, 3.8) is 0 Å². The zero-order chi connectivity index (χ0) is 24.9. The average molecular weight is 514 g/mol. The van der Waals surface area contributed by atoms with Gasteiger partial charge in [0.25, 0.3) is 5.91 Å². The van der Waals surface area contributed by atoms with E-state index in [9.17, 15) is 13.8 Å². The first kappa shape index (κ1) is 25.1. The van der Waals surface area contributed by atoms with Gasteiger partial charge in [0.2, 0.25) is 5.91 Å². The van der Waals surface area contributed by atoms with E-state index in [1.807, 2.05) is 29.2 Å². The van der Waals surface area contributed by atoms with E-state index in [2.05, 4.69) is 15.1 Å². The van der Waals surface area contributed by atoms with E-state index in [0.717, 1.165) is 54.2 Å². The van der Waals surface area contributed by atoms with Crippen LogP contribution < -0.4 is 0 Å². The average Bonchev–Trinajstić information content (AvgIpc) is 3.54. The number of nitrogens with zero attached hydrogens (tertiary/aromatic N) is 4. The first-order valence-corrected chi connectivity index (χ1v) is 14.4. The molecule has 1 unspecified atom stereocenters. The number of morpholine rings is 1. The Kier molecular flexibility index (Phi) is 8.13. The van der Waals surface area contributed by atoms with Crippen LogP contribution in [0.25, 0.3) is 11.3 Å². The van der Waals surface area contributed by atoms with Crippen LogP contribution >= 0.6 is 0 Å². The van der Waals surface area contributed by atoms with Gasteiger partial charge in [-0.15, -0.1) is 0 Å². The summed E-state index contributed by atoms with van der Waals surface area (Å²) in [6.07, 6.45) is 5.92. The number of hydrogen-bond acceptors (Lipinski definition) is 6. The van der Waals surface area contributed by atoms with Gasteiger partial charge < -0.3 is 19.4 Å². The van der Waals surface area contributed by atoms with Gasteiger partial charge in [-0.05, 0) is 38.4 Å². The molecule has 1 atom stereocenters. The van der Waals surface area contributed by atoms with E-state index in [1.54, 1.807) is 4.90 Å². The van der Waals surface area contributed by atoms with Crippen molar-refractivity contribution in [3.8, 4) is 11.3 Å². The molecule has 5 heterocycles. The molecule has 4 aliphatic heterocycles. The summed E-state index contributed by atoms with van der Waals surface area (Å²) in [5, 5.41) is 7.17. The van der Waals surface area contributed by atoms with Crippen molar-refractivity contribution in [1.29, 1.82) is 0 Å². The lowest BCUT2D eigenvalue weighted by molar-refractivity contribution is -0.127. The molecule has 2 aromatic rings. The second-order valence-electron chi connectivity index (χ2n) is 9.70. The number of ether oxygens (including phenoxy) is 1. The fourth-order valence-corrected chi connectivity index (χ4v) is 6.62. The Morgan fingerprint density at radius 3 is 2.53 bits per heavy atom. The van der Waals surface area contributed by atoms with Gasteiger partial charge in [-0.2, -0.15) is 5.10 Å². The molecule has 6 rings (SSSR count). The van der Waals surface area contributed by atoms with E-state index < -0.39 is 10.8 Å². The minimum absolute atomic E-state index is 0.0894. The Bertz CT molecular complexity index is 1110. The number of benzene rings is 1. The van der Waals surface area contributed by atoms with Crippen LogP contribution in [-0.4, -0.2) is 99.9 Å². The summed E-state index contributed by atoms with van der Waals surface area (Å²) in [4.78, 5) is 31.1. The molecule has 1 aromatic carbocycles. The number of likely N-dealkylation sites (tertiary alicyclic amines) is 2. The van der Waals surface area contributed by atoms with Crippen molar-refractivity contribution in [2.45, 2.75) is 42.8 Å². The number of H-pyrrole nitrogens is 1. The highest BCUT2D eigenvalue weighted by molar-refractivity contribution is 7.84. The highest BCUT2D eigenvalue weighted by Crippen LogP contribution is 2.36. The Morgan fingerprint density at radius 1 is 1.00 bits per heavy atom. The van der Waals surface area contributed by atoms with E-state index in [0.29, 0.717) is 43.7 Å². The zero-order valence-corrected chi connectivity index (χ0v) is 21.6. The molecule has 194 valence electrons. The van der Waals surface area contributed by atoms with Gasteiger partial charge in [0.15, 0.2) is 0 Å². The monoisotopic (exact) mass is 513 g/mol. The van der Waals surface area contributed by atoms with Crippen LogP contribution in [0.15, 0.2) is 29.2 Å². The van der Waals surface area contributed by atoms with E-state index in [4.69, 9.17) is 4.74 Å². The predicted octanol–water partition coefficient (Wildman–Crippen LogP) is 2.27. The summed E-state index contributed by atoms with van der Waals surface area (Å²) in [7, 11) is -1.14. The van der Waals surface area contributed by atoms with Crippen LogP contribution in [0.1, 0.15) is 48.2 Å². The summed E-state index contributed by atoms with van der Waals surface area (Å²) >= 11 is 0. The molecule has 0 spiro atoms. The highest BCUT2D eigenvalue weighted by atomic mass is 32.2. The minimum Gasteiger partial charge on any atom is -0.378 e. The maximum Gasteiger partial charge on any atom is 0.272 e. The Labute approximate surface area is 214 Å². The number of carbonyl (C=O) groups is 2. The number of aromatic nitrogens is 2. The Morgan fingerprint density at radius 2 is 1.78 bits per heavy atom. The minimum atomic E-state index is -1.14. The number of piperidine rings is 1. The van der Waals surface area contributed by atoms with E-state index in [1.165, 1.54) is 32.4 Å². The summed E-state index contributed by atoms with van der Waals surface area (Å²) in [5.41, 5.74) is 2.81. The largest absolute Gasteiger partial charge is 0.378 e. The first-order valence-electron chi connectivity index (χ1n) is 13.0. The molecule has 1 N–H and O–H groups in total. The maximum absolute atomic E-state index is 12.7. The van der Waals surface area contributed by atoms with Crippen LogP contribution in [0, 0.1) is 0 Å². The molecule has 9 nitrogen and oxygen atoms in total. The summed E-state index contributed by atoms with van der Waals surface area (Å²) in [6, 6.07) is 7.51. The van der Waals surface area contributed by atoms with E-state index in [-0.39, 0.29) is 5.91 Å². The molecule has 36 heavy (non-hydrogen) atoms. The van der Waals surface area contributed by atoms with Crippen molar-refractivity contribution < 1.29 is 18.5 Å². The molecule has 10 heteroatoms. The van der Waals surface area contributed by atoms with Gasteiger partial charge in [-0.1, -0.05) is 24.6 Å². The molecule has 1 aromatic heterocycles. The lowest BCUT2D eigenvalue weighted by atomic mass is 10.1. The maximum atomic E-state index is 12.7. The third-order valence-corrected chi connectivity index (χ3v) is 8.75. The van der Waals surface area contributed by atoms with Gasteiger partial charge in [-0.3, -0.25) is 18.9 Å². The molecular weight excluding hydrogens is 478 g/mol. The fourth-order valence-electron chi connectivity index (χ4n) is 5.29. The fraction of sp³-hybridized carbons (Fsp3) is 0.577. The third-order valence-electron chi connectivity index (χ3n) is 7.35. The second kappa shape index (κ2) is 11.7. The molecule has 0 saturated carbocycles. The number of amides is 2. The molecule has 2 amide bonds. The molecule has 0 aliphatic carbocycles. The highest BCUT2D eigenvalue weighted by Gasteiger charge is 2.31. The van der Waals surface area contributed by atoms with Crippen LogP contribution in [-0.2, 0) is 26.1 Å². The van der Waals surface area contributed by atoms with Crippen molar-refractivity contribution in [2.24, 2.45) is 0 Å². The molecule has 3 fully saturated rings. The predicted molar refractivity (Wildman–Crippen MR) is 137 cm³/mol. The number of aromatic amines is 1.